The molecule has 6 nitrogen and oxygen atoms in total. The van der Waals surface area contributed by atoms with E-state index < -0.39 is 9.84 Å². The Morgan fingerprint density at radius 1 is 1.10 bits per heavy atom. The second-order valence-electron chi connectivity index (χ2n) is 7.75. The summed E-state index contributed by atoms with van der Waals surface area (Å²) in [4.78, 5) is 28.1. The summed E-state index contributed by atoms with van der Waals surface area (Å²) in [6, 6.07) is 10.7. The zero-order valence-electron chi connectivity index (χ0n) is 17.9. The highest BCUT2D eigenvalue weighted by molar-refractivity contribution is 7.91. The number of benzene rings is 2. The molecule has 2 aromatic rings. The van der Waals surface area contributed by atoms with Gasteiger partial charge in [-0.25, -0.2) is 8.42 Å². The van der Waals surface area contributed by atoms with Crippen LogP contribution in [0, 0.1) is 13.8 Å². The Bertz CT molecular complexity index is 1090. The van der Waals surface area contributed by atoms with Gasteiger partial charge in [0.1, 0.15) is 0 Å². The Morgan fingerprint density at radius 2 is 1.83 bits per heavy atom. The summed E-state index contributed by atoms with van der Waals surface area (Å²) in [5, 5.41) is 0. The third-order valence-electron chi connectivity index (χ3n) is 5.59. The van der Waals surface area contributed by atoms with Crippen LogP contribution in [0.5, 0.6) is 0 Å². The van der Waals surface area contributed by atoms with E-state index in [-0.39, 0.29) is 28.9 Å². The Hall–Kier alpha value is -2.67. The molecule has 0 unspecified atom stereocenters. The molecule has 0 saturated heterocycles. The molecule has 0 spiro atoms. The van der Waals surface area contributed by atoms with Crippen LogP contribution in [-0.4, -0.2) is 39.6 Å². The Kier molecular flexibility index (Phi) is 6.31. The molecule has 1 aliphatic rings. The highest BCUT2D eigenvalue weighted by atomic mass is 32.2. The summed E-state index contributed by atoms with van der Waals surface area (Å²) in [6.45, 7) is 6.26. The number of rotatable bonds is 6. The molecule has 0 fully saturated rings. The lowest BCUT2D eigenvalue weighted by molar-refractivity contribution is -0.118. The van der Waals surface area contributed by atoms with Crippen molar-refractivity contribution in [1.82, 2.24) is 0 Å². The van der Waals surface area contributed by atoms with Gasteiger partial charge < -0.3 is 9.80 Å². The first-order chi connectivity index (χ1) is 14.1. The number of amides is 2. The van der Waals surface area contributed by atoms with Crippen LogP contribution >= 0.6 is 0 Å². The zero-order chi connectivity index (χ0) is 22.1. The molecule has 0 bridgehead atoms. The molecule has 1 aliphatic heterocycles. The lowest BCUT2D eigenvalue weighted by atomic mass is 10.1. The Morgan fingerprint density at radius 3 is 2.53 bits per heavy atom. The van der Waals surface area contributed by atoms with Gasteiger partial charge >= 0.3 is 0 Å². The van der Waals surface area contributed by atoms with Crippen LogP contribution in [0.15, 0.2) is 41.3 Å². The van der Waals surface area contributed by atoms with Gasteiger partial charge in [-0.05, 0) is 61.2 Å². The Labute approximate surface area is 178 Å². The molecule has 0 aliphatic carbocycles. The van der Waals surface area contributed by atoms with Gasteiger partial charge in [0.25, 0.3) is 0 Å². The first kappa shape index (κ1) is 22.0. The molecule has 0 radical (unpaired) electrons. The van der Waals surface area contributed by atoms with Gasteiger partial charge in [-0.1, -0.05) is 19.1 Å². The third-order valence-corrected chi connectivity index (χ3v) is 7.31. The van der Waals surface area contributed by atoms with Gasteiger partial charge in [0.05, 0.1) is 10.6 Å². The highest BCUT2D eigenvalue weighted by Gasteiger charge is 2.26. The maximum Gasteiger partial charge on any atom is 0.227 e. The lowest BCUT2D eigenvalue weighted by Gasteiger charge is -2.20. The monoisotopic (exact) mass is 428 g/mol. The average Bonchev–Trinajstić information content (AvgIpc) is 3.16. The summed E-state index contributed by atoms with van der Waals surface area (Å²) in [5.74, 6) is -0.463. The molecule has 1 heterocycles. The van der Waals surface area contributed by atoms with Gasteiger partial charge in [0.15, 0.2) is 9.84 Å². The number of sulfone groups is 1. The van der Waals surface area contributed by atoms with Gasteiger partial charge in [0, 0.05) is 37.8 Å². The molecule has 2 amide bonds. The predicted octanol–water partition coefficient (Wildman–Crippen LogP) is 3.43. The third kappa shape index (κ3) is 4.41. The van der Waals surface area contributed by atoms with Gasteiger partial charge in [-0.2, -0.15) is 0 Å². The minimum atomic E-state index is -3.61. The summed E-state index contributed by atoms with van der Waals surface area (Å²) in [6.07, 6.45) is 0.956. The van der Waals surface area contributed by atoms with Crippen LogP contribution in [0.3, 0.4) is 0 Å². The second kappa shape index (κ2) is 8.60. The Balaban J connectivity index is 1.72. The van der Waals surface area contributed by atoms with E-state index in [1.165, 1.54) is 11.0 Å². The molecule has 0 N–H and O–H groups in total. The maximum absolute atomic E-state index is 12.8. The van der Waals surface area contributed by atoms with Crippen LogP contribution in [0.1, 0.15) is 36.5 Å². The van der Waals surface area contributed by atoms with E-state index in [2.05, 4.69) is 0 Å². The van der Waals surface area contributed by atoms with E-state index in [1.807, 2.05) is 39.0 Å². The zero-order valence-corrected chi connectivity index (χ0v) is 18.8. The van der Waals surface area contributed by atoms with Crippen LogP contribution in [0.25, 0.3) is 0 Å². The van der Waals surface area contributed by atoms with E-state index >= 15 is 0 Å². The number of fused-ring (bicyclic) bond motifs is 1. The standard InChI is InChI=1S/C23H28N2O4S/c1-5-22(26)25-12-10-18-15-19(8-9-20(18)25)30(28,29)13-11-23(27)24(4)21-14-16(2)6-7-17(21)3/h6-9,14-15H,5,10-13H2,1-4H3. The fourth-order valence-corrected chi connectivity index (χ4v) is 5.02. The van der Waals surface area contributed by atoms with Crippen molar-refractivity contribution < 1.29 is 18.0 Å². The minimum absolute atomic E-state index is 0.0319. The van der Waals surface area contributed by atoms with Crippen molar-refractivity contribution in [2.24, 2.45) is 0 Å². The first-order valence-corrected chi connectivity index (χ1v) is 11.8. The molecule has 7 heteroatoms. The molecule has 160 valence electrons. The summed E-state index contributed by atoms with van der Waals surface area (Å²) < 4.78 is 25.7. The van der Waals surface area contributed by atoms with Crippen LogP contribution in [0.4, 0.5) is 11.4 Å². The molecule has 0 saturated carbocycles. The molecular weight excluding hydrogens is 400 g/mol. The number of nitrogens with zero attached hydrogens (tertiary/aromatic N) is 2. The molecule has 0 aromatic heterocycles. The molecule has 0 atom stereocenters. The maximum atomic E-state index is 12.8. The molecular formula is C23H28N2O4S. The first-order valence-electron chi connectivity index (χ1n) is 10.1. The van der Waals surface area contributed by atoms with Gasteiger partial charge in [-0.15, -0.1) is 0 Å². The predicted molar refractivity (Wildman–Crippen MR) is 119 cm³/mol. The van der Waals surface area contributed by atoms with Crippen LogP contribution in [-0.2, 0) is 25.8 Å². The molecule has 3 rings (SSSR count). The fraction of sp³-hybridized carbons (Fsp3) is 0.391. The largest absolute Gasteiger partial charge is 0.315 e. The quantitative estimate of drug-likeness (QED) is 0.706. The fourth-order valence-electron chi connectivity index (χ4n) is 3.74. The summed E-state index contributed by atoms with van der Waals surface area (Å²) in [7, 11) is -1.93. The summed E-state index contributed by atoms with van der Waals surface area (Å²) in [5.41, 5.74) is 4.43. The molecule has 30 heavy (non-hydrogen) atoms. The number of carbonyl (C=O) groups excluding carboxylic acids is 2. The van der Waals surface area contributed by atoms with Crippen molar-refractivity contribution >= 4 is 33.0 Å². The lowest BCUT2D eigenvalue weighted by Crippen LogP contribution is -2.29. The minimum Gasteiger partial charge on any atom is -0.315 e. The highest BCUT2D eigenvalue weighted by Crippen LogP contribution is 2.31. The van der Waals surface area contributed by atoms with E-state index in [9.17, 15) is 18.0 Å². The number of hydrogen-bond donors (Lipinski definition) is 0. The number of carbonyl (C=O) groups is 2. The van der Waals surface area contributed by atoms with E-state index in [4.69, 9.17) is 0 Å². The van der Waals surface area contributed by atoms with Crippen molar-refractivity contribution in [3.8, 4) is 0 Å². The van der Waals surface area contributed by atoms with Crippen molar-refractivity contribution in [2.45, 2.75) is 44.9 Å². The SMILES string of the molecule is CCC(=O)N1CCc2cc(S(=O)(=O)CCC(=O)N(C)c3cc(C)ccc3C)ccc21. The smallest absolute Gasteiger partial charge is 0.227 e. The van der Waals surface area contributed by atoms with E-state index in [0.29, 0.717) is 19.4 Å². The van der Waals surface area contributed by atoms with Crippen molar-refractivity contribution in [3.05, 3.63) is 53.1 Å². The average molecular weight is 429 g/mol. The van der Waals surface area contributed by atoms with E-state index in [1.54, 1.807) is 24.1 Å². The van der Waals surface area contributed by atoms with Crippen molar-refractivity contribution in [1.29, 1.82) is 0 Å². The van der Waals surface area contributed by atoms with Crippen LogP contribution < -0.4 is 9.80 Å². The van der Waals surface area contributed by atoms with Crippen molar-refractivity contribution in [3.63, 3.8) is 0 Å². The second-order valence-corrected chi connectivity index (χ2v) is 9.86. The van der Waals surface area contributed by atoms with Gasteiger partial charge in [0.2, 0.25) is 11.8 Å². The summed E-state index contributed by atoms with van der Waals surface area (Å²) >= 11 is 0. The van der Waals surface area contributed by atoms with Gasteiger partial charge in [-0.3, -0.25) is 9.59 Å². The number of anilines is 2. The molecule has 2 aromatic carbocycles. The van der Waals surface area contributed by atoms with E-state index in [0.717, 1.165) is 28.1 Å². The topological polar surface area (TPSA) is 74.8 Å². The number of hydrogen-bond acceptors (Lipinski definition) is 4. The van der Waals surface area contributed by atoms with Crippen LogP contribution in [0.2, 0.25) is 0 Å². The number of aryl methyl sites for hydroxylation is 2. The van der Waals surface area contributed by atoms with Crippen molar-refractivity contribution in [2.75, 3.05) is 29.1 Å². The normalized spacial score (nSPS) is 13.3.